The largest absolute Gasteiger partial charge is 0.433 e. The normalized spacial score (nSPS) is 19.6. The summed E-state index contributed by atoms with van der Waals surface area (Å²) in [5.41, 5.74) is -1.07. The molecule has 3 aromatic heterocycles. The lowest BCUT2D eigenvalue weighted by Gasteiger charge is -2.27. The highest BCUT2D eigenvalue weighted by molar-refractivity contribution is 5.94. The number of alkyl halides is 3. The van der Waals surface area contributed by atoms with Crippen LogP contribution in [0.25, 0.3) is 33.4 Å². The molecule has 1 aliphatic carbocycles. The summed E-state index contributed by atoms with van der Waals surface area (Å²) in [4.78, 5) is 20.4. The average molecular weight is 444 g/mol. The maximum absolute atomic E-state index is 13.0. The van der Waals surface area contributed by atoms with E-state index in [0.29, 0.717) is 17.0 Å². The van der Waals surface area contributed by atoms with E-state index >= 15 is 0 Å². The van der Waals surface area contributed by atoms with Gasteiger partial charge in [-0.15, -0.1) is 0 Å². The minimum absolute atomic E-state index is 0.171. The first-order valence-corrected chi connectivity index (χ1v) is 10.3. The fourth-order valence-corrected chi connectivity index (χ4v) is 4.21. The summed E-state index contributed by atoms with van der Waals surface area (Å²) in [6, 6.07) is 6.82. The molecule has 1 fully saturated rings. The van der Waals surface area contributed by atoms with Crippen molar-refractivity contribution < 1.29 is 22.7 Å². The molecule has 0 atom stereocenters. The van der Waals surface area contributed by atoms with Crippen molar-refractivity contribution in [1.29, 1.82) is 0 Å². The van der Waals surface area contributed by atoms with Gasteiger partial charge in [0.2, 0.25) is 5.89 Å². The lowest BCUT2D eigenvalue weighted by molar-refractivity contribution is -0.141. The minimum Gasteiger partial charge on any atom is -0.401 e. The van der Waals surface area contributed by atoms with E-state index in [1.807, 2.05) is 10.9 Å². The van der Waals surface area contributed by atoms with E-state index in [1.165, 1.54) is 12.1 Å². The van der Waals surface area contributed by atoms with Crippen molar-refractivity contribution in [1.82, 2.24) is 19.7 Å². The monoisotopic (exact) mass is 444 g/mol. The number of aliphatic hydroxyl groups excluding tert-OH is 1. The lowest BCUT2D eigenvalue weighted by atomic mass is 9.87. The molecule has 5 rings (SSSR count). The second-order valence-corrected chi connectivity index (χ2v) is 8.11. The van der Waals surface area contributed by atoms with Crippen molar-refractivity contribution in [3.05, 3.63) is 52.6 Å². The maximum atomic E-state index is 13.0. The molecule has 4 aromatic rings. The highest BCUT2D eigenvalue weighted by Crippen LogP contribution is 2.33. The predicted molar refractivity (Wildman–Crippen MR) is 110 cm³/mol. The Hall–Kier alpha value is -3.27. The van der Waals surface area contributed by atoms with Crippen LogP contribution in [0, 0.1) is 5.92 Å². The number of hydrogen-bond acceptors (Lipinski definition) is 6. The molecule has 1 saturated carbocycles. The Balaban J connectivity index is 1.54. The van der Waals surface area contributed by atoms with Gasteiger partial charge in [0, 0.05) is 18.2 Å². The van der Waals surface area contributed by atoms with Crippen LogP contribution in [-0.2, 0) is 6.18 Å². The van der Waals surface area contributed by atoms with Crippen LogP contribution in [0.4, 0.5) is 13.2 Å². The Bertz CT molecular complexity index is 1350. The first-order chi connectivity index (χ1) is 15.3. The van der Waals surface area contributed by atoms with E-state index in [4.69, 9.17) is 4.42 Å². The highest BCUT2D eigenvalue weighted by atomic mass is 19.4. The number of halogens is 3. The number of benzene rings is 1. The second kappa shape index (κ2) is 7.70. The Kier molecular flexibility index (Phi) is 4.96. The van der Waals surface area contributed by atoms with E-state index < -0.39 is 17.5 Å². The number of aromatic nitrogens is 4. The van der Waals surface area contributed by atoms with Gasteiger partial charge in [-0.2, -0.15) is 18.3 Å². The number of hydrogen-bond donors (Lipinski definition) is 1. The number of fused-ring (bicyclic) bond motifs is 2. The quantitative estimate of drug-likeness (QED) is 0.505. The van der Waals surface area contributed by atoms with Crippen molar-refractivity contribution in [3.63, 3.8) is 0 Å². The Morgan fingerprint density at radius 1 is 1.09 bits per heavy atom. The summed E-state index contributed by atoms with van der Waals surface area (Å²) >= 11 is 0. The van der Waals surface area contributed by atoms with Crippen molar-refractivity contribution in [2.24, 2.45) is 5.92 Å². The van der Waals surface area contributed by atoms with E-state index in [1.54, 1.807) is 12.1 Å². The molecule has 0 spiro atoms. The molecular weight excluding hydrogens is 425 g/mol. The Morgan fingerprint density at radius 3 is 2.59 bits per heavy atom. The number of nitrogens with zero attached hydrogens (tertiary/aromatic N) is 4. The van der Waals surface area contributed by atoms with Crippen molar-refractivity contribution in [3.8, 4) is 11.6 Å². The van der Waals surface area contributed by atoms with Crippen LogP contribution < -0.4 is 5.63 Å². The van der Waals surface area contributed by atoms with Gasteiger partial charge >= 0.3 is 11.8 Å². The SMILES string of the molecule is O=c1oc(-c2cccc(C(F)(F)F)n2)nc2cc3cn([C@H]4CC[C@H](CO)CC4)nc3cc12. The minimum atomic E-state index is -4.62. The van der Waals surface area contributed by atoms with Gasteiger partial charge in [0.15, 0.2) is 0 Å². The Labute approximate surface area is 179 Å². The number of pyridine rings is 1. The van der Waals surface area contributed by atoms with Gasteiger partial charge in [-0.25, -0.2) is 14.8 Å². The molecule has 0 bridgehead atoms. The second-order valence-electron chi connectivity index (χ2n) is 8.11. The van der Waals surface area contributed by atoms with Crippen LogP contribution in [-0.4, -0.2) is 31.5 Å². The zero-order chi connectivity index (χ0) is 22.5. The lowest BCUT2D eigenvalue weighted by Crippen LogP contribution is -2.20. The first-order valence-electron chi connectivity index (χ1n) is 10.3. The molecule has 1 aromatic carbocycles. The van der Waals surface area contributed by atoms with Gasteiger partial charge in [-0.1, -0.05) is 6.07 Å². The van der Waals surface area contributed by atoms with Gasteiger partial charge < -0.3 is 9.52 Å². The molecule has 32 heavy (non-hydrogen) atoms. The van der Waals surface area contributed by atoms with E-state index in [2.05, 4.69) is 15.1 Å². The standard InChI is InChI=1S/C22H19F3N4O3/c23-22(24,25)19-3-1-2-16(26-19)20-27-18-8-13-10-29(14-6-4-12(11-30)5-7-14)28-17(13)9-15(18)21(31)32-20/h1-3,8-10,12,14,30H,4-7,11H2/t12-,14-. The first kappa shape index (κ1) is 20.6. The summed E-state index contributed by atoms with van der Waals surface area (Å²) in [6.07, 6.45) is 0.937. The van der Waals surface area contributed by atoms with Crippen LogP contribution in [0.3, 0.4) is 0 Å². The van der Waals surface area contributed by atoms with Gasteiger partial charge in [0.1, 0.15) is 11.4 Å². The van der Waals surface area contributed by atoms with Crippen molar-refractivity contribution in [2.75, 3.05) is 6.61 Å². The molecule has 1 N–H and O–H groups in total. The van der Waals surface area contributed by atoms with Crippen LogP contribution in [0.2, 0.25) is 0 Å². The van der Waals surface area contributed by atoms with Crippen LogP contribution in [0.5, 0.6) is 0 Å². The number of rotatable bonds is 3. The summed E-state index contributed by atoms with van der Waals surface area (Å²) < 4.78 is 46.0. The molecule has 0 radical (unpaired) electrons. The van der Waals surface area contributed by atoms with Crippen LogP contribution in [0.1, 0.15) is 37.4 Å². The molecule has 7 nitrogen and oxygen atoms in total. The molecule has 0 amide bonds. The van der Waals surface area contributed by atoms with Gasteiger partial charge in [0.25, 0.3) is 0 Å². The zero-order valence-corrected chi connectivity index (χ0v) is 16.8. The fourth-order valence-electron chi connectivity index (χ4n) is 4.21. The third-order valence-corrected chi connectivity index (χ3v) is 5.98. The third kappa shape index (κ3) is 3.75. The molecule has 1 aliphatic rings. The smallest absolute Gasteiger partial charge is 0.401 e. The molecular formula is C22H19F3N4O3. The summed E-state index contributed by atoms with van der Waals surface area (Å²) in [7, 11) is 0. The molecule has 166 valence electrons. The molecule has 0 aliphatic heterocycles. The van der Waals surface area contributed by atoms with E-state index in [9.17, 15) is 23.1 Å². The summed E-state index contributed by atoms with van der Waals surface area (Å²) in [6.45, 7) is 0.198. The Morgan fingerprint density at radius 2 is 1.88 bits per heavy atom. The summed E-state index contributed by atoms with van der Waals surface area (Å²) in [5, 5.41) is 14.9. The van der Waals surface area contributed by atoms with Crippen LogP contribution >= 0.6 is 0 Å². The van der Waals surface area contributed by atoms with E-state index in [-0.39, 0.29) is 29.6 Å². The molecule has 0 saturated heterocycles. The molecule has 3 heterocycles. The van der Waals surface area contributed by atoms with Gasteiger partial charge in [-0.05, 0) is 55.9 Å². The highest BCUT2D eigenvalue weighted by Gasteiger charge is 2.33. The fraction of sp³-hybridized carbons (Fsp3) is 0.364. The zero-order valence-electron chi connectivity index (χ0n) is 16.8. The van der Waals surface area contributed by atoms with Crippen molar-refractivity contribution >= 4 is 21.8 Å². The maximum Gasteiger partial charge on any atom is 0.433 e. The average Bonchev–Trinajstić information content (AvgIpc) is 3.20. The topological polar surface area (TPSA) is 94.0 Å². The molecule has 10 heteroatoms. The van der Waals surface area contributed by atoms with Gasteiger partial charge in [-0.3, -0.25) is 4.68 Å². The van der Waals surface area contributed by atoms with Gasteiger partial charge in [0.05, 0.1) is 22.5 Å². The number of aliphatic hydroxyl groups is 1. The molecule has 0 unspecified atom stereocenters. The van der Waals surface area contributed by atoms with Crippen LogP contribution in [0.15, 0.2) is 45.7 Å². The predicted octanol–water partition coefficient (Wildman–Crippen LogP) is 4.34. The van der Waals surface area contributed by atoms with Crippen molar-refractivity contribution in [2.45, 2.75) is 37.9 Å². The summed E-state index contributed by atoms with van der Waals surface area (Å²) in [5.74, 6) is 0.0539. The van der Waals surface area contributed by atoms with E-state index in [0.717, 1.165) is 37.1 Å². The third-order valence-electron chi connectivity index (χ3n) is 5.98.